The highest BCUT2D eigenvalue weighted by Gasteiger charge is 2.35. The average molecular weight is 502 g/mol. The van der Waals surface area contributed by atoms with Crippen molar-refractivity contribution in [1.29, 1.82) is 0 Å². The van der Waals surface area contributed by atoms with Crippen LogP contribution in [-0.2, 0) is 6.42 Å². The third-order valence-corrected chi connectivity index (χ3v) is 10.5. The van der Waals surface area contributed by atoms with Crippen molar-refractivity contribution in [3.63, 3.8) is 0 Å². The van der Waals surface area contributed by atoms with Crippen LogP contribution in [0.2, 0.25) is 0 Å². The fraction of sp³-hybridized carbons (Fsp3) is 0.343. The molecule has 3 saturated carbocycles. The molecule has 0 N–H and O–H groups in total. The number of nitrogens with zero attached hydrogens (tertiary/aromatic N) is 1. The zero-order chi connectivity index (χ0) is 25.1. The van der Waals surface area contributed by atoms with E-state index in [2.05, 4.69) is 81.4 Å². The van der Waals surface area contributed by atoms with Gasteiger partial charge in [-0.2, -0.15) is 0 Å². The monoisotopic (exact) mass is 501 g/mol. The zero-order valence-corrected chi connectivity index (χ0v) is 23.0. The topological polar surface area (TPSA) is 12.9 Å². The average Bonchev–Trinajstić information content (AvgIpc) is 3.27. The maximum atomic E-state index is 4.87. The van der Waals surface area contributed by atoms with Crippen molar-refractivity contribution in [2.45, 2.75) is 59.3 Å². The molecule has 3 aliphatic carbocycles. The first kappa shape index (κ1) is 23.2. The van der Waals surface area contributed by atoms with Gasteiger partial charge in [0.15, 0.2) is 0 Å². The molecule has 2 bridgehead atoms. The molecule has 1 nitrogen and oxygen atoms in total. The molecule has 3 aromatic carbocycles. The van der Waals surface area contributed by atoms with E-state index < -0.39 is 0 Å². The molecule has 1 atom stereocenters. The van der Waals surface area contributed by atoms with Crippen LogP contribution in [0.15, 0.2) is 66.9 Å². The van der Waals surface area contributed by atoms with Crippen LogP contribution < -0.4 is 0 Å². The molecular weight excluding hydrogens is 466 g/mol. The Hall–Kier alpha value is -2.97. The summed E-state index contributed by atoms with van der Waals surface area (Å²) >= 11 is 1.92. The predicted molar refractivity (Wildman–Crippen MR) is 159 cm³/mol. The molecule has 8 rings (SSSR count). The molecule has 0 amide bonds. The highest BCUT2D eigenvalue weighted by molar-refractivity contribution is 7.26. The maximum Gasteiger partial charge on any atom is 0.0719 e. The van der Waals surface area contributed by atoms with Crippen molar-refractivity contribution in [3.8, 4) is 22.4 Å². The van der Waals surface area contributed by atoms with Gasteiger partial charge in [0.25, 0.3) is 0 Å². The van der Waals surface area contributed by atoms with Crippen molar-refractivity contribution in [3.05, 3.63) is 89.1 Å². The summed E-state index contributed by atoms with van der Waals surface area (Å²) in [6.07, 6.45) is 10.6. The summed E-state index contributed by atoms with van der Waals surface area (Å²) in [5, 5.41) is 2.69. The van der Waals surface area contributed by atoms with E-state index in [-0.39, 0.29) is 0 Å². The SMILES string of the molecule is Cc1cc(C)c(-c2ccc3c(c2)sc2c(-c4cc(CC5CC6CCC5CC6)ccn4)cccc23)c(C)c1. The lowest BCUT2D eigenvalue weighted by atomic mass is 9.63. The van der Waals surface area contributed by atoms with Crippen LogP contribution in [0.5, 0.6) is 0 Å². The Morgan fingerprint density at radius 1 is 0.838 bits per heavy atom. The van der Waals surface area contributed by atoms with Crippen LogP contribution in [-0.4, -0.2) is 4.98 Å². The van der Waals surface area contributed by atoms with Gasteiger partial charge in [-0.05, 0) is 110 Å². The summed E-state index contributed by atoms with van der Waals surface area (Å²) in [6, 6.07) is 23.0. The van der Waals surface area contributed by atoms with Gasteiger partial charge in [0.05, 0.1) is 5.69 Å². The largest absolute Gasteiger partial charge is 0.256 e. The molecular formula is C35H35NS. The Bertz CT molecular complexity index is 1610. The first-order valence-electron chi connectivity index (χ1n) is 14.0. The maximum absolute atomic E-state index is 4.87. The normalized spacial score (nSPS) is 21.2. The molecule has 0 radical (unpaired) electrons. The summed E-state index contributed by atoms with van der Waals surface area (Å²) in [5.74, 6) is 2.80. The Balaban J connectivity index is 1.27. The minimum absolute atomic E-state index is 0.870. The van der Waals surface area contributed by atoms with Gasteiger partial charge in [-0.1, -0.05) is 60.9 Å². The minimum Gasteiger partial charge on any atom is -0.256 e. The smallest absolute Gasteiger partial charge is 0.0719 e. The van der Waals surface area contributed by atoms with Crippen LogP contribution in [0.3, 0.4) is 0 Å². The van der Waals surface area contributed by atoms with Crippen molar-refractivity contribution < 1.29 is 0 Å². The Labute approximate surface area is 224 Å². The van der Waals surface area contributed by atoms with Crippen molar-refractivity contribution in [1.82, 2.24) is 4.98 Å². The zero-order valence-electron chi connectivity index (χ0n) is 22.2. The molecule has 3 fully saturated rings. The van der Waals surface area contributed by atoms with E-state index in [1.54, 1.807) is 0 Å². The van der Waals surface area contributed by atoms with Gasteiger partial charge in [0.1, 0.15) is 0 Å². The minimum atomic E-state index is 0.870. The summed E-state index contributed by atoms with van der Waals surface area (Å²) < 4.78 is 2.71. The molecule has 0 aliphatic heterocycles. The van der Waals surface area contributed by atoms with Gasteiger partial charge in [-0.3, -0.25) is 4.98 Å². The molecule has 5 aromatic rings. The Morgan fingerprint density at radius 3 is 2.41 bits per heavy atom. The molecule has 186 valence electrons. The number of benzene rings is 3. The van der Waals surface area contributed by atoms with Gasteiger partial charge >= 0.3 is 0 Å². The van der Waals surface area contributed by atoms with E-state index in [0.29, 0.717) is 0 Å². The van der Waals surface area contributed by atoms with E-state index in [9.17, 15) is 0 Å². The van der Waals surface area contributed by atoms with Crippen LogP contribution in [0, 0.1) is 38.5 Å². The lowest BCUT2D eigenvalue weighted by Gasteiger charge is -2.42. The van der Waals surface area contributed by atoms with Gasteiger partial charge in [0.2, 0.25) is 0 Å². The second-order valence-electron chi connectivity index (χ2n) is 11.8. The number of aryl methyl sites for hydroxylation is 3. The van der Waals surface area contributed by atoms with E-state index >= 15 is 0 Å². The third kappa shape index (κ3) is 4.10. The van der Waals surface area contributed by atoms with Gasteiger partial charge in [0, 0.05) is 31.9 Å². The predicted octanol–water partition coefficient (Wildman–Crippen LogP) is 10.1. The number of pyridine rings is 1. The van der Waals surface area contributed by atoms with E-state index in [4.69, 9.17) is 4.98 Å². The fourth-order valence-electron chi connectivity index (χ4n) is 7.61. The van der Waals surface area contributed by atoms with Crippen LogP contribution in [0.25, 0.3) is 42.6 Å². The molecule has 2 aromatic heterocycles. The summed E-state index contributed by atoms with van der Waals surface area (Å²) in [4.78, 5) is 4.87. The van der Waals surface area contributed by atoms with Gasteiger partial charge in [-0.15, -0.1) is 11.3 Å². The first-order valence-corrected chi connectivity index (χ1v) is 14.8. The number of aromatic nitrogens is 1. The van der Waals surface area contributed by atoms with Gasteiger partial charge in [-0.25, -0.2) is 0 Å². The summed E-state index contributed by atoms with van der Waals surface area (Å²) in [7, 11) is 0. The van der Waals surface area contributed by atoms with Crippen molar-refractivity contribution >= 4 is 31.5 Å². The summed E-state index contributed by atoms with van der Waals surface area (Å²) in [5.41, 5.74) is 10.6. The molecule has 2 heterocycles. The van der Waals surface area contributed by atoms with Crippen LogP contribution >= 0.6 is 11.3 Å². The number of fused-ring (bicyclic) bond motifs is 6. The van der Waals surface area contributed by atoms with E-state index in [1.165, 1.54) is 97.6 Å². The van der Waals surface area contributed by atoms with E-state index in [0.717, 1.165) is 23.4 Å². The van der Waals surface area contributed by atoms with Crippen molar-refractivity contribution in [2.75, 3.05) is 0 Å². The molecule has 3 aliphatic rings. The lowest BCUT2D eigenvalue weighted by Crippen LogP contribution is -2.32. The molecule has 37 heavy (non-hydrogen) atoms. The third-order valence-electron chi connectivity index (χ3n) is 9.26. The second kappa shape index (κ2) is 9.10. The van der Waals surface area contributed by atoms with Crippen molar-refractivity contribution in [2.24, 2.45) is 17.8 Å². The standard InChI is InChI=1S/C35H35NS/c1-21-15-22(2)34(23(3)16-21)27-11-12-29-30-5-4-6-31(35(30)37-33(29)20-27)32-19-25(13-14-36-32)18-28-17-24-7-9-26(28)10-8-24/h4-6,11-16,19-20,24,26,28H,7-10,17-18H2,1-3H3. The highest BCUT2D eigenvalue weighted by atomic mass is 32.1. The number of rotatable bonds is 4. The number of thiophene rings is 1. The summed E-state index contributed by atoms with van der Waals surface area (Å²) in [6.45, 7) is 6.65. The van der Waals surface area contributed by atoms with Crippen LogP contribution in [0.4, 0.5) is 0 Å². The molecule has 0 spiro atoms. The molecule has 2 heteroatoms. The number of hydrogen-bond acceptors (Lipinski definition) is 2. The Kier molecular flexibility index (Phi) is 5.70. The highest BCUT2D eigenvalue weighted by Crippen LogP contribution is 2.46. The molecule has 0 saturated heterocycles. The number of hydrogen-bond donors (Lipinski definition) is 0. The fourth-order valence-corrected chi connectivity index (χ4v) is 8.87. The Morgan fingerprint density at radius 2 is 1.65 bits per heavy atom. The lowest BCUT2D eigenvalue weighted by molar-refractivity contribution is 0.0991. The van der Waals surface area contributed by atoms with Crippen LogP contribution in [0.1, 0.15) is 54.4 Å². The van der Waals surface area contributed by atoms with Gasteiger partial charge < -0.3 is 0 Å². The quantitative estimate of drug-likeness (QED) is 0.239. The molecule has 1 unspecified atom stereocenters. The first-order chi connectivity index (χ1) is 18.0. The second-order valence-corrected chi connectivity index (χ2v) is 12.9. The van der Waals surface area contributed by atoms with E-state index in [1.807, 2.05) is 17.5 Å².